The molecule has 4 heterocycles. The minimum Gasteiger partial charge on any atom is -0.379 e. The smallest absolute Gasteiger partial charge is 0.248 e. The van der Waals surface area contributed by atoms with E-state index in [1.54, 1.807) is 0 Å². The lowest BCUT2D eigenvalue weighted by Gasteiger charge is -2.50. The van der Waals surface area contributed by atoms with Gasteiger partial charge in [0.25, 0.3) is 0 Å². The van der Waals surface area contributed by atoms with Crippen LogP contribution in [0.5, 0.6) is 0 Å². The van der Waals surface area contributed by atoms with Gasteiger partial charge in [0.15, 0.2) is 0 Å². The van der Waals surface area contributed by atoms with E-state index in [4.69, 9.17) is 9.47 Å². The van der Waals surface area contributed by atoms with E-state index in [2.05, 4.69) is 20.4 Å². The number of morpholine rings is 1. The van der Waals surface area contributed by atoms with Gasteiger partial charge in [-0.15, -0.1) is 0 Å². The van der Waals surface area contributed by atoms with Gasteiger partial charge in [-0.2, -0.15) is 0 Å². The Morgan fingerprint density at radius 2 is 1.94 bits per heavy atom. The Morgan fingerprint density at radius 1 is 1.11 bits per heavy atom. The van der Waals surface area contributed by atoms with E-state index in [-0.39, 0.29) is 17.9 Å². The standard InChI is InChI=1S/C28H46N4O4/c1-18(27(33)30-10-4-12-31-13-15-35-16-14-31)36-19-7-8-24-23(17-19)21-9-11-29-25-20-5-2-3-6-22(20)28(34)32(24)26(21)25/h18-26,29H,2-17H2,1H3,(H,30,33)/p+1/t18-,19?,20?,21?,22?,23?,24?,25?,26?/m0/s1. The number of rotatable bonds is 7. The molecule has 2 amide bonds. The van der Waals surface area contributed by atoms with Crippen molar-refractivity contribution in [3.05, 3.63) is 0 Å². The Kier molecular flexibility index (Phi) is 7.57. The van der Waals surface area contributed by atoms with Crippen molar-refractivity contribution in [1.82, 2.24) is 15.1 Å². The molecule has 0 aromatic rings. The van der Waals surface area contributed by atoms with Crippen molar-refractivity contribution in [1.29, 1.82) is 0 Å². The van der Waals surface area contributed by atoms with Gasteiger partial charge < -0.3 is 25.0 Å². The third kappa shape index (κ3) is 4.72. The molecule has 2 aliphatic carbocycles. The third-order valence-electron chi connectivity index (χ3n) is 10.5. The molecule has 4 saturated heterocycles. The van der Waals surface area contributed by atoms with Crippen molar-refractivity contribution >= 4 is 11.8 Å². The minimum absolute atomic E-state index is 0.00882. The summed E-state index contributed by atoms with van der Waals surface area (Å²) in [5.41, 5.74) is 0. The zero-order valence-electron chi connectivity index (χ0n) is 22.1. The first-order valence-corrected chi connectivity index (χ1v) is 15.0. The maximum Gasteiger partial charge on any atom is 0.248 e. The Labute approximate surface area is 216 Å². The molecule has 3 N–H and O–H groups in total. The first-order chi connectivity index (χ1) is 17.6. The molecule has 8 nitrogen and oxygen atoms in total. The summed E-state index contributed by atoms with van der Waals surface area (Å²) in [6.07, 6.45) is 9.75. The summed E-state index contributed by atoms with van der Waals surface area (Å²) in [6.45, 7) is 8.41. The van der Waals surface area contributed by atoms with Crippen molar-refractivity contribution in [2.24, 2.45) is 23.7 Å². The van der Waals surface area contributed by atoms with Crippen LogP contribution >= 0.6 is 0 Å². The molecule has 8 heteroatoms. The first-order valence-electron chi connectivity index (χ1n) is 15.0. The number of nitrogens with one attached hydrogen (secondary N) is 1. The molecule has 6 fully saturated rings. The highest BCUT2D eigenvalue weighted by atomic mass is 16.5. The van der Waals surface area contributed by atoms with Gasteiger partial charge in [0, 0.05) is 43.9 Å². The fourth-order valence-corrected chi connectivity index (χ4v) is 8.93. The monoisotopic (exact) mass is 503 g/mol. The average Bonchev–Trinajstić information content (AvgIpc) is 3.25. The Bertz CT molecular complexity index is 804. The number of ether oxygens (including phenoxy) is 2. The van der Waals surface area contributed by atoms with Crippen molar-refractivity contribution in [2.45, 2.75) is 95.0 Å². The Morgan fingerprint density at radius 3 is 2.81 bits per heavy atom. The van der Waals surface area contributed by atoms with Crippen LogP contribution in [0.25, 0.3) is 0 Å². The predicted octanol–water partition coefficient (Wildman–Crippen LogP) is 0.750. The second-order valence-corrected chi connectivity index (χ2v) is 12.4. The summed E-state index contributed by atoms with van der Waals surface area (Å²) >= 11 is 0. The van der Waals surface area contributed by atoms with E-state index in [0.29, 0.717) is 48.3 Å². The van der Waals surface area contributed by atoms with Gasteiger partial charge >= 0.3 is 0 Å². The second-order valence-electron chi connectivity index (χ2n) is 12.4. The van der Waals surface area contributed by atoms with E-state index in [1.807, 2.05) is 6.92 Å². The largest absolute Gasteiger partial charge is 0.379 e. The van der Waals surface area contributed by atoms with Gasteiger partial charge in [-0.1, -0.05) is 12.8 Å². The molecular formula is C28H47N4O4+. The minimum atomic E-state index is -0.420. The third-order valence-corrected chi connectivity index (χ3v) is 10.5. The highest BCUT2D eigenvalue weighted by molar-refractivity contribution is 5.82. The quantitative estimate of drug-likeness (QED) is 0.501. The molecule has 0 aromatic carbocycles. The van der Waals surface area contributed by atoms with Crippen molar-refractivity contribution < 1.29 is 24.4 Å². The fraction of sp³-hybridized carbons (Fsp3) is 0.929. The van der Waals surface area contributed by atoms with Crippen LogP contribution in [-0.4, -0.2) is 97.9 Å². The first kappa shape index (κ1) is 25.1. The van der Waals surface area contributed by atoms with E-state index < -0.39 is 6.10 Å². The van der Waals surface area contributed by atoms with Crippen LogP contribution < -0.4 is 10.6 Å². The zero-order valence-corrected chi connectivity index (χ0v) is 22.1. The van der Waals surface area contributed by atoms with E-state index >= 15 is 0 Å². The molecule has 4 aliphatic heterocycles. The normalized spacial score (nSPS) is 41.2. The van der Waals surface area contributed by atoms with Crippen LogP contribution in [-0.2, 0) is 19.1 Å². The number of carbonyl (C=O) groups excluding carboxylic acids is 2. The maximum atomic E-state index is 13.7. The number of fused-ring (bicyclic) bond motifs is 5. The van der Waals surface area contributed by atoms with Gasteiger partial charge in [-0.25, -0.2) is 0 Å². The molecular weight excluding hydrogens is 456 g/mol. The molecule has 6 rings (SSSR count). The molecule has 8 unspecified atom stereocenters. The Balaban J connectivity index is 1.02. The van der Waals surface area contributed by atoms with Crippen LogP contribution in [0.3, 0.4) is 0 Å². The van der Waals surface area contributed by atoms with Crippen molar-refractivity contribution in [3.63, 3.8) is 0 Å². The maximum absolute atomic E-state index is 13.7. The fourth-order valence-electron chi connectivity index (χ4n) is 8.93. The predicted molar refractivity (Wildman–Crippen MR) is 135 cm³/mol. The number of piperidine rings is 2. The molecule has 36 heavy (non-hydrogen) atoms. The van der Waals surface area contributed by atoms with E-state index in [1.165, 1.54) is 32.2 Å². The van der Waals surface area contributed by atoms with E-state index in [0.717, 1.165) is 65.0 Å². The molecule has 202 valence electrons. The highest BCUT2D eigenvalue weighted by Gasteiger charge is 2.63. The lowest BCUT2D eigenvalue weighted by atomic mass is 9.66. The molecule has 0 radical (unpaired) electrons. The van der Waals surface area contributed by atoms with Crippen molar-refractivity contribution in [2.75, 3.05) is 45.9 Å². The molecule has 0 spiro atoms. The molecule has 9 atom stereocenters. The lowest BCUT2D eigenvalue weighted by Crippen LogP contribution is -2.98. The van der Waals surface area contributed by atoms with Gasteiger partial charge in [0.05, 0.1) is 31.9 Å². The number of quaternary nitrogens is 1. The molecule has 0 bridgehead atoms. The zero-order chi connectivity index (χ0) is 24.6. The number of nitrogens with two attached hydrogens (primary N) is 1. The summed E-state index contributed by atoms with van der Waals surface area (Å²) in [5.74, 6) is 2.52. The van der Waals surface area contributed by atoms with E-state index in [9.17, 15) is 9.59 Å². The van der Waals surface area contributed by atoms with Crippen LogP contribution in [0, 0.1) is 23.7 Å². The number of nitrogens with zero attached hydrogens (tertiary/aromatic N) is 2. The van der Waals surface area contributed by atoms with Gasteiger partial charge in [-0.3, -0.25) is 14.5 Å². The summed E-state index contributed by atoms with van der Waals surface area (Å²) in [6, 6.07) is 1.44. The lowest BCUT2D eigenvalue weighted by molar-refractivity contribution is -0.713. The van der Waals surface area contributed by atoms with Gasteiger partial charge in [0.2, 0.25) is 11.8 Å². The number of carbonyl (C=O) groups is 2. The van der Waals surface area contributed by atoms with Crippen LogP contribution in [0.15, 0.2) is 0 Å². The number of hydrogen-bond acceptors (Lipinski definition) is 5. The second kappa shape index (κ2) is 10.9. The molecule has 6 aliphatic rings. The summed E-state index contributed by atoms with van der Waals surface area (Å²) in [4.78, 5) is 31.3. The van der Waals surface area contributed by atoms with Crippen LogP contribution in [0.2, 0.25) is 0 Å². The molecule has 2 saturated carbocycles. The average molecular weight is 504 g/mol. The van der Waals surface area contributed by atoms with Crippen LogP contribution in [0.1, 0.15) is 64.7 Å². The van der Waals surface area contributed by atoms with Crippen molar-refractivity contribution in [3.8, 4) is 0 Å². The highest BCUT2D eigenvalue weighted by Crippen LogP contribution is 2.53. The number of hydrogen-bond donors (Lipinski definition) is 2. The van der Waals surface area contributed by atoms with Gasteiger partial charge in [0.1, 0.15) is 12.1 Å². The topological polar surface area (TPSA) is 87.7 Å². The number of amides is 2. The summed E-state index contributed by atoms with van der Waals surface area (Å²) in [7, 11) is 0. The summed E-state index contributed by atoms with van der Waals surface area (Å²) in [5, 5.41) is 5.69. The molecule has 0 aromatic heterocycles. The Hall–Kier alpha value is -1.22. The van der Waals surface area contributed by atoms with Crippen LogP contribution in [0.4, 0.5) is 0 Å². The SMILES string of the molecule is C[C@H](OC1CCC2C(C1)C1CC[NH2+]C3C4CCCCC4C(=O)N2C13)C(=O)NCCCN1CCOCC1. The van der Waals surface area contributed by atoms with Gasteiger partial charge in [-0.05, 0) is 63.8 Å². The summed E-state index contributed by atoms with van der Waals surface area (Å²) < 4.78 is 11.8.